The Balaban J connectivity index is 2.64. The van der Waals surface area contributed by atoms with Crippen molar-refractivity contribution in [3.63, 3.8) is 0 Å². The SMILES string of the molecule is Cn1c(=O)n(C(=O)OC(C)(C)C)c2ncc(O)cc21. The van der Waals surface area contributed by atoms with Crippen LogP contribution in [0.3, 0.4) is 0 Å². The fraction of sp³-hybridized carbons (Fsp3) is 0.417. The van der Waals surface area contributed by atoms with Crippen LogP contribution in [0.2, 0.25) is 0 Å². The molecule has 19 heavy (non-hydrogen) atoms. The van der Waals surface area contributed by atoms with Gasteiger partial charge in [-0.1, -0.05) is 0 Å². The number of fused-ring (bicyclic) bond motifs is 1. The average molecular weight is 265 g/mol. The first-order valence-electron chi connectivity index (χ1n) is 5.70. The van der Waals surface area contributed by atoms with Gasteiger partial charge in [-0.3, -0.25) is 4.57 Å². The standard InChI is InChI=1S/C12H15N3O4/c1-12(2,3)19-11(18)15-9-8(14(4)10(15)17)5-7(16)6-13-9/h5-6,16H,1-4H3. The van der Waals surface area contributed by atoms with Gasteiger partial charge in [0.05, 0.1) is 11.7 Å². The van der Waals surface area contributed by atoms with E-state index in [1.807, 2.05) is 0 Å². The van der Waals surface area contributed by atoms with Gasteiger partial charge in [-0.05, 0) is 20.8 Å². The molecule has 0 saturated carbocycles. The minimum absolute atomic E-state index is 0.0792. The van der Waals surface area contributed by atoms with Gasteiger partial charge in [0, 0.05) is 13.1 Å². The molecule has 0 fully saturated rings. The van der Waals surface area contributed by atoms with Gasteiger partial charge in [-0.15, -0.1) is 0 Å². The zero-order valence-electron chi connectivity index (χ0n) is 11.2. The fourth-order valence-electron chi connectivity index (χ4n) is 1.67. The van der Waals surface area contributed by atoms with E-state index in [9.17, 15) is 14.7 Å². The van der Waals surface area contributed by atoms with Crippen molar-refractivity contribution in [1.29, 1.82) is 0 Å². The fourth-order valence-corrected chi connectivity index (χ4v) is 1.67. The van der Waals surface area contributed by atoms with Crippen LogP contribution in [0, 0.1) is 0 Å². The summed E-state index contributed by atoms with van der Waals surface area (Å²) < 4.78 is 7.24. The molecule has 102 valence electrons. The molecule has 2 aromatic heterocycles. The molecule has 0 bridgehead atoms. The Labute approximate surface area is 109 Å². The Bertz CT molecular complexity index is 706. The molecule has 2 heterocycles. The predicted molar refractivity (Wildman–Crippen MR) is 68.3 cm³/mol. The van der Waals surface area contributed by atoms with Crippen molar-refractivity contribution in [2.24, 2.45) is 7.05 Å². The Kier molecular flexibility index (Phi) is 2.84. The molecule has 1 N–H and O–H groups in total. The molecule has 2 aromatic rings. The number of ether oxygens (including phenoxy) is 1. The Morgan fingerprint density at radius 3 is 2.63 bits per heavy atom. The number of aryl methyl sites for hydroxylation is 1. The minimum atomic E-state index is -0.790. The molecule has 0 aromatic carbocycles. The number of nitrogens with zero attached hydrogens (tertiary/aromatic N) is 3. The topological polar surface area (TPSA) is 86.4 Å². The Morgan fingerprint density at radius 2 is 2.05 bits per heavy atom. The van der Waals surface area contributed by atoms with E-state index in [2.05, 4.69) is 4.98 Å². The summed E-state index contributed by atoms with van der Waals surface area (Å²) >= 11 is 0. The average Bonchev–Trinajstić information content (AvgIpc) is 2.50. The maximum atomic E-state index is 12.0. The lowest BCUT2D eigenvalue weighted by Crippen LogP contribution is -2.34. The highest BCUT2D eigenvalue weighted by molar-refractivity contribution is 5.84. The van der Waals surface area contributed by atoms with Crippen LogP contribution < -0.4 is 5.69 Å². The lowest BCUT2D eigenvalue weighted by molar-refractivity contribution is 0.0536. The number of aromatic hydroxyl groups is 1. The van der Waals surface area contributed by atoms with Gasteiger partial charge in [0.25, 0.3) is 0 Å². The number of carbonyl (C=O) groups excluding carboxylic acids is 1. The monoisotopic (exact) mass is 265 g/mol. The van der Waals surface area contributed by atoms with Crippen LogP contribution in [-0.2, 0) is 11.8 Å². The third-order valence-corrected chi connectivity index (χ3v) is 2.46. The summed E-state index contributed by atoms with van der Waals surface area (Å²) in [4.78, 5) is 28.0. The van der Waals surface area contributed by atoms with Gasteiger partial charge < -0.3 is 9.84 Å². The molecule has 0 aliphatic heterocycles. The summed E-state index contributed by atoms with van der Waals surface area (Å²) in [5.41, 5.74) is -0.770. The number of carbonyl (C=O) groups is 1. The second-order valence-corrected chi connectivity index (χ2v) is 5.19. The van der Waals surface area contributed by atoms with Crippen LogP contribution in [0.1, 0.15) is 20.8 Å². The van der Waals surface area contributed by atoms with Gasteiger partial charge in [0.2, 0.25) is 0 Å². The maximum Gasteiger partial charge on any atom is 0.424 e. The summed E-state index contributed by atoms with van der Waals surface area (Å²) in [5.74, 6) is -0.0792. The minimum Gasteiger partial charge on any atom is -0.506 e. The molecule has 7 heteroatoms. The second kappa shape index (κ2) is 4.11. The van der Waals surface area contributed by atoms with Crippen molar-refractivity contribution < 1.29 is 14.6 Å². The van der Waals surface area contributed by atoms with Gasteiger partial charge in [-0.25, -0.2) is 14.6 Å². The third kappa shape index (κ3) is 2.31. The van der Waals surface area contributed by atoms with Crippen LogP contribution in [0.25, 0.3) is 11.2 Å². The number of aromatic nitrogens is 3. The lowest BCUT2D eigenvalue weighted by Gasteiger charge is -2.18. The zero-order valence-corrected chi connectivity index (χ0v) is 11.2. The molecule has 0 saturated heterocycles. The molecule has 0 aliphatic carbocycles. The number of rotatable bonds is 0. The van der Waals surface area contributed by atoms with E-state index >= 15 is 0 Å². The van der Waals surface area contributed by atoms with E-state index in [1.165, 1.54) is 23.9 Å². The van der Waals surface area contributed by atoms with Crippen molar-refractivity contribution in [2.75, 3.05) is 0 Å². The van der Waals surface area contributed by atoms with Crippen molar-refractivity contribution >= 4 is 17.3 Å². The van der Waals surface area contributed by atoms with Crippen LogP contribution in [-0.4, -0.2) is 30.9 Å². The van der Waals surface area contributed by atoms with Crippen molar-refractivity contribution in [3.8, 4) is 5.75 Å². The summed E-state index contributed by atoms with van der Waals surface area (Å²) in [6, 6.07) is 1.37. The summed E-state index contributed by atoms with van der Waals surface area (Å²) in [7, 11) is 1.49. The Morgan fingerprint density at radius 1 is 1.42 bits per heavy atom. The van der Waals surface area contributed by atoms with E-state index in [-0.39, 0.29) is 11.4 Å². The second-order valence-electron chi connectivity index (χ2n) is 5.19. The quantitative estimate of drug-likeness (QED) is 0.774. The molecule has 7 nitrogen and oxygen atoms in total. The van der Waals surface area contributed by atoms with Crippen molar-refractivity contribution in [2.45, 2.75) is 26.4 Å². The zero-order chi connectivity index (χ0) is 14.4. The molecular formula is C12H15N3O4. The molecule has 0 atom stereocenters. The van der Waals surface area contributed by atoms with Crippen molar-refractivity contribution in [3.05, 3.63) is 22.7 Å². The number of hydrogen-bond donors (Lipinski definition) is 1. The number of imidazole rings is 1. The largest absolute Gasteiger partial charge is 0.506 e. The number of pyridine rings is 1. The smallest absolute Gasteiger partial charge is 0.424 e. The first-order chi connectivity index (χ1) is 8.70. The van der Waals surface area contributed by atoms with E-state index in [0.29, 0.717) is 5.52 Å². The van der Waals surface area contributed by atoms with Gasteiger partial charge in [-0.2, -0.15) is 4.57 Å². The molecule has 0 aliphatic rings. The van der Waals surface area contributed by atoms with Gasteiger partial charge >= 0.3 is 11.8 Å². The first-order valence-corrected chi connectivity index (χ1v) is 5.70. The van der Waals surface area contributed by atoms with Crippen LogP contribution in [0.15, 0.2) is 17.1 Å². The van der Waals surface area contributed by atoms with E-state index in [0.717, 1.165) is 4.57 Å². The maximum absolute atomic E-state index is 12.0. The summed E-state index contributed by atoms with van der Waals surface area (Å²) in [5, 5.41) is 9.38. The highest BCUT2D eigenvalue weighted by Gasteiger charge is 2.23. The molecule has 0 radical (unpaired) electrons. The normalized spacial score (nSPS) is 11.8. The van der Waals surface area contributed by atoms with Gasteiger partial charge in [0.15, 0.2) is 5.65 Å². The van der Waals surface area contributed by atoms with Crippen LogP contribution in [0.5, 0.6) is 5.75 Å². The van der Waals surface area contributed by atoms with Crippen LogP contribution >= 0.6 is 0 Å². The third-order valence-electron chi connectivity index (χ3n) is 2.46. The summed E-state index contributed by atoms with van der Waals surface area (Å²) in [6.45, 7) is 5.13. The molecule has 0 spiro atoms. The number of hydrogen-bond acceptors (Lipinski definition) is 5. The Hall–Kier alpha value is -2.31. The highest BCUT2D eigenvalue weighted by Crippen LogP contribution is 2.17. The van der Waals surface area contributed by atoms with E-state index in [4.69, 9.17) is 4.74 Å². The van der Waals surface area contributed by atoms with E-state index in [1.54, 1.807) is 20.8 Å². The first kappa shape index (κ1) is 13.1. The molecule has 2 rings (SSSR count). The van der Waals surface area contributed by atoms with Gasteiger partial charge in [0.1, 0.15) is 11.4 Å². The summed E-state index contributed by atoms with van der Waals surface area (Å²) in [6.07, 6.45) is 0.379. The van der Waals surface area contributed by atoms with Crippen LogP contribution in [0.4, 0.5) is 4.79 Å². The van der Waals surface area contributed by atoms with E-state index < -0.39 is 17.4 Å². The lowest BCUT2D eigenvalue weighted by atomic mass is 10.2. The predicted octanol–water partition coefficient (Wildman–Crippen LogP) is 1.22. The highest BCUT2D eigenvalue weighted by atomic mass is 16.6. The molecule has 0 unspecified atom stereocenters. The molecular weight excluding hydrogens is 250 g/mol. The van der Waals surface area contributed by atoms with Crippen molar-refractivity contribution in [1.82, 2.24) is 14.1 Å². The molecule has 0 amide bonds.